The second kappa shape index (κ2) is 8.79. The van der Waals surface area contributed by atoms with Crippen LogP contribution in [0.4, 0.5) is 8.78 Å². The molecule has 0 bridgehead atoms. The molecule has 0 saturated heterocycles. The first kappa shape index (κ1) is 20.9. The highest BCUT2D eigenvalue weighted by atomic mass is 19.3. The number of aromatic nitrogens is 4. The summed E-state index contributed by atoms with van der Waals surface area (Å²) in [6.45, 7) is 1.52. The summed E-state index contributed by atoms with van der Waals surface area (Å²) in [5.41, 5.74) is 1.59. The van der Waals surface area contributed by atoms with Crippen LogP contribution in [0.15, 0.2) is 47.7 Å². The fourth-order valence-electron chi connectivity index (χ4n) is 3.45. The van der Waals surface area contributed by atoms with Gasteiger partial charge >= 0.3 is 0 Å². The van der Waals surface area contributed by atoms with E-state index in [4.69, 9.17) is 9.47 Å². The maximum absolute atomic E-state index is 12.8. The largest absolute Gasteiger partial charge is 0.495 e. The highest BCUT2D eigenvalue weighted by molar-refractivity contribution is 5.66. The molecular weight excluding hydrogens is 406 g/mol. The molecule has 0 radical (unpaired) electrons. The molecule has 4 rings (SSSR count). The Kier molecular flexibility index (Phi) is 5.92. The summed E-state index contributed by atoms with van der Waals surface area (Å²) in [5, 5.41) is 0. The van der Waals surface area contributed by atoms with E-state index in [1.807, 2.05) is 12.1 Å². The highest BCUT2D eigenvalue weighted by Crippen LogP contribution is 2.47. The maximum Gasteiger partial charge on any atom is 0.256 e. The van der Waals surface area contributed by atoms with Gasteiger partial charge in [0.05, 0.1) is 32.0 Å². The number of rotatable bonds is 8. The van der Waals surface area contributed by atoms with Gasteiger partial charge in [0.15, 0.2) is 0 Å². The van der Waals surface area contributed by atoms with Gasteiger partial charge in [-0.2, -0.15) is 4.98 Å². The highest BCUT2D eigenvalue weighted by Gasteiger charge is 2.40. The van der Waals surface area contributed by atoms with E-state index < -0.39 is 18.5 Å². The zero-order valence-electron chi connectivity index (χ0n) is 17.2. The van der Waals surface area contributed by atoms with Crippen LogP contribution in [-0.4, -0.2) is 39.7 Å². The number of pyridine rings is 2. The first-order chi connectivity index (χ1) is 14.9. The predicted molar refractivity (Wildman–Crippen MR) is 110 cm³/mol. The molecule has 3 aromatic heterocycles. The van der Waals surface area contributed by atoms with Crippen LogP contribution in [0.1, 0.15) is 23.9 Å². The molecule has 0 N–H and O–H groups in total. The Balaban J connectivity index is 1.50. The lowest BCUT2D eigenvalue weighted by atomic mass is 10.1. The summed E-state index contributed by atoms with van der Waals surface area (Å²) in [6, 6.07) is 6.66. The van der Waals surface area contributed by atoms with Crippen LogP contribution in [0.3, 0.4) is 0 Å². The molecule has 1 aliphatic carbocycles. The standard InChI is InChI=1S/C22H22F2N4O3/c1-13-25-9-18(14-3-6-21(29)28(10-14)11-20(23)24)22(27-13)31-12-15-7-17(15)19-5-4-16(30-2)8-26-19/h3-6,8-10,15,17,20H,7,11-12H2,1-2H3. The average molecular weight is 428 g/mol. The fourth-order valence-corrected chi connectivity index (χ4v) is 3.45. The Hall–Kier alpha value is -3.36. The number of aryl methyl sites for hydroxylation is 1. The molecule has 31 heavy (non-hydrogen) atoms. The van der Waals surface area contributed by atoms with Gasteiger partial charge < -0.3 is 14.0 Å². The lowest BCUT2D eigenvalue weighted by molar-refractivity contribution is 0.125. The molecule has 162 valence electrons. The normalized spacial score (nSPS) is 17.6. The third kappa shape index (κ3) is 4.87. The molecule has 3 aromatic rings. The van der Waals surface area contributed by atoms with Crippen molar-refractivity contribution in [2.45, 2.75) is 32.2 Å². The molecule has 1 saturated carbocycles. The minimum Gasteiger partial charge on any atom is -0.495 e. The Morgan fingerprint density at radius 1 is 1.19 bits per heavy atom. The lowest BCUT2D eigenvalue weighted by Gasteiger charge is -2.12. The summed E-state index contributed by atoms with van der Waals surface area (Å²) in [5.74, 6) is 2.22. The number of alkyl halides is 2. The van der Waals surface area contributed by atoms with Crippen LogP contribution in [-0.2, 0) is 6.54 Å². The van der Waals surface area contributed by atoms with Gasteiger partial charge in [0.2, 0.25) is 5.88 Å². The molecule has 2 atom stereocenters. The zero-order valence-corrected chi connectivity index (χ0v) is 17.2. The van der Waals surface area contributed by atoms with Crippen LogP contribution < -0.4 is 15.0 Å². The van der Waals surface area contributed by atoms with Gasteiger partial charge in [-0.1, -0.05) is 0 Å². The molecular formula is C22H22F2N4O3. The SMILES string of the molecule is COc1ccc(C2CC2COc2nc(C)ncc2-c2ccc(=O)n(CC(F)F)c2)nc1. The van der Waals surface area contributed by atoms with Gasteiger partial charge in [-0.3, -0.25) is 9.78 Å². The van der Waals surface area contributed by atoms with Crippen molar-refractivity contribution in [3.63, 3.8) is 0 Å². The van der Waals surface area contributed by atoms with Crippen LogP contribution in [0.25, 0.3) is 11.1 Å². The third-order valence-electron chi connectivity index (χ3n) is 5.23. The number of nitrogens with zero attached hydrogens (tertiary/aromatic N) is 4. The van der Waals surface area contributed by atoms with Gasteiger partial charge in [0.25, 0.3) is 12.0 Å². The van der Waals surface area contributed by atoms with Crippen molar-refractivity contribution < 1.29 is 18.3 Å². The minimum atomic E-state index is -2.63. The number of hydrogen-bond donors (Lipinski definition) is 0. The number of hydrogen-bond acceptors (Lipinski definition) is 6. The van der Waals surface area contributed by atoms with Crippen molar-refractivity contribution in [2.24, 2.45) is 5.92 Å². The van der Waals surface area contributed by atoms with Crippen molar-refractivity contribution in [3.8, 4) is 22.8 Å². The first-order valence-electron chi connectivity index (χ1n) is 9.90. The summed E-state index contributed by atoms with van der Waals surface area (Å²) in [4.78, 5) is 24.9. The van der Waals surface area contributed by atoms with Gasteiger partial charge in [-0.25, -0.2) is 13.8 Å². The van der Waals surface area contributed by atoms with Crippen molar-refractivity contribution in [1.82, 2.24) is 19.5 Å². The molecule has 0 aromatic carbocycles. The molecule has 2 unspecified atom stereocenters. The van der Waals surface area contributed by atoms with Crippen LogP contribution in [0, 0.1) is 12.8 Å². The average Bonchev–Trinajstić information content (AvgIpc) is 3.53. The predicted octanol–water partition coefficient (Wildman–Crippen LogP) is 3.46. The molecule has 3 heterocycles. The quantitative estimate of drug-likeness (QED) is 0.547. The van der Waals surface area contributed by atoms with E-state index in [-0.39, 0.29) is 0 Å². The Morgan fingerprint density at radius 2 is 2.03 bits per heavy atom. The monoisotopic (exact) mass is 428 g/mol. The van der Waals surface area contributed by atoms with Crippen molar-refractivity contribution in [3.05, 3.63) is 64.7 Å². The summed E-state index contributed by atoms with van der Waals surface area (Å²) < 4.78 is 37.7. The fraction of sp³-hybridized carbons (Fsp3) is 0.364. The van der Waals surface area contributed by atoms with E-state index in [1.54, 1.807) is 32.5 Å². The molecule has 0 aliphatic heterocycles. The Bertz CT molecular complexity index is 1120. The lowest BCUT2D eigenvalue weighted by Crippen LogP contribution is -2.22. The van der Waals surface area contributed by atoms with E-state index >= 15 is 0 Å². The zero-order chi connectivity index (χ0) is 22.0. The second-order valence-corrected chi connectivity index (χ2v) is 7.47. The van der Waals surface area contributed by atoms with Gasteiger partial charge in [-0.15, -0.1) is 0 Å². The second-order valence-electron chi connectivity index (χ2n) is 7.47. The smallest absolute Gasteiger partial charge is 0.256 e. The van der Waals surface area contributed by atoms with Crippen LogP contribution in [0.2, 0.25) is 0 Å². The number of methoxy groups -OCH3 is 1. The van der Waals surface area contributed by atoms with Crippen molar-refractivity contribution in [1.29, 1.82) is 0 Å². The maximum atomic E-state index is 12.8. The van der Waals surface area contributed by atoms with E-state index in [2.05, 4.69) is 15.0 Å². The molecule has 1 fully saturated rings. The Labute approximate surface area is 177 Å². The van der Waals surface area contributed by atoms with Crippen LogP contribution in [0.5, 0.6) is 11.6 Å². The molecule has 7 nitrogen and oxygen atoms in total. The van der Waals surface area contributed by atoms with Gasteiger partial charge in [0.1, 0.15) is 11.6 Å². The van der Waals surface area contributed by atoms with E-state index in [9.17, 15) is 13.6 Å². The van der Waals surface area contributed by atoms with E-state index in [0.717, 1.165) is 16.7 Å². The van der Waals surface area contributed by atoms with E-state index in [1.165, 1.54) is 12.3 Å². The Morgan fingerprint density at radius 3 is 2.74 bits per heavy atom. The topological polar surface area (TPSA) is 79.1 Å². The molecule has 0 spiro atoms. The van der Waals surface area contributed by atoms with Gasteiger partial charge in [-0.05, 0) is 31.5 Å². The number of ether oxygens (including phenoxy) is 2. The molecule has 1 aliphatic rings. The molecule has 9 heteroatoms. The van der Waals surface area contributed by atoms with E-state index in [0.29, 0.717) is 47.0 Å². The van der Waals surface area contributed by atoms with Crippen molar-refractivity contribution in [2.75, 3.05) is 13.7 Å². The van der Waals surface area contributed by atoms with Gasteiger partial charge in [0, 0.05) is 41.6 Å². The van der Waals surface area contributed by atoms with Crippen molar-refractivity contribution >= 4 is 0 Å². The first-order valence-corrected chi connectivity index (χ1v) is 9.90. The summed E-state index contributed by atoms with van der Waals surface area (Å²) >= 11 is 0. The molecule has 0 amide bonds. The third-order valence-corrected chi connectivity index (χ3v) is 5.23. The van der Waals surface area contributed by atoms with Crippen LogP contribution >= 0.6 is 0 Å². The summed E-state index contributed by atoms with van der Waals surface area (Å²) in [6.07, 6.45) is 3.00. The number of halogens is 2. The minimum absolute atomic E-state index is 0.303. The summed E-state index contributed by atoms with van der Waals surface area (Å²) in [7, 11) is 1.60.